The van der Waals surface area contributed by atoms with Gasteiger partial charge in [0.05, 0.1) is 31.0 Å². The molecule has 1 amide bonds. The van der Waals surface area contributed by atoms with Crippen LogP contribution in [0.15, 0.2) is 29.3 Å². The summed E-state index contributed by atoms with van der Waals surface area (Å²) in [6.07, 6.45) is -8.23. The number of fused-ring (bicyclic) bond motifs is 1. The van der Waals surface area contributed by atoms with Crippen molar-refractivity contribution >= 4 is 33.3 Å². The van der Waals surface area contributed by atoms with Gasteiger partial charge in [0.1, 0.15) is 30.4 Å². The molecule has 0 bridgehead atoms. The first-order valence-electron chi connectivity index (χ1n) is 13.1. The van der Waals surface area contributed by atoms with E-state index in [-0.39, 0.29) is 46.9 Å². The Morgan fingerprint density at radius 3 is 2.52 bits per heavy atom. The average Bonchev–Trinajstić information content (AvgIpc) is 3.49. The number of nitrogens with one attached hydrogen (secondary N) is 1. The van der Waals surface area contributed by atoms with E-state index in [1.54, 1.807) is 0 Å². The summed E-state index contributed by atoms with van der Waals surface area (Å²) in [5.74, 6) is -1.98. The number of alkyl halides is 6. The van der Waals surface area contributed by atoms with Gasteiger partial charge in [-0.3, -0.25) is 14.4 Å². The second kappa shape index (κ2) is 12.3. The van der Waals surface area contributed by atoms with Crippen LogP contribution < -0.4 is 19.1 Å². The minimum atomic E-state index is -4.90. The summed E-state index contributed by atoms with van der Waals surface area (Å²) in [4.78, 5) is 23.7. The Morgan fingerprint density at radius 2 is 1.93 bits per heavy atom. The summed E-state index contributed by atoms with van der Waals surface area (Å²) >= 11 is 0. The molecule has 2 aromatic rings. The van der Waals surface area contributed by atoms with Crippen LogP contribution in [0.5, 0.6) is 11.6 Å². The van der Waals surface area contributed by atoms with Crippen LogP contribution in [0.3, 0.4) is 0 Å². The largest absolute Gasteiger partial charge is 0.486 e. The number of hydrogen-bond acceptors (Lipinski definition) is 9. The topological polar surface area (TPSA) is 149 Å². The molecule has 19 heteroatoms. The van der Waals surface area contributed by atoms with Crippen molar-refractivity contribution in [3.05, 3.63) is 24.4 Å². The zero-order valence-corrected chi connectivity index (χ0v) is 24.0. The number of ketones is 1. The summed E-state index contributed by atoms with van der Waals surface area (Å²) in [7, 11) is -4.83. The number of amides is 1. The highest BCUT2D eigenvalue weighted by molar-refractivity contribution is 7.93. The van der Waals surface area contributed by atoms with E-state index < -0.39 is 83.2 Å². The fourth-order valence-electron chi connectivity index (χ4n) is 4.18. The number of ether oxygens (including phenoxy) is 3. The molecule has 2 N–H and O–H groups in total. The Labute approximate surface area is 246 Å². The number of sulfonamides is 1. The molecule has 2 heterocycles. The van der Waals surface area contributed by atoms with Crippen molar-refractivity contribution in [2.45, 2.75) is 68.6 Å². The molecular weight excluding hydrogens is 630 g/mol. The molecule has 0 unspecified atom stereocenters. The van der Waals surface area contributed by atoms with E-state index in [0.717, 1.165) is 6.07 Å². The van der Waals surface area contributed by atoms with E-state index in [1.807, 2.05) is 0 Å². The molecule has 0 radical (unpaired) electrons. The average molecular weight is 659 g/mol. The number of aliphatic hydroxyl groups excluding tert-OH is 1. The van der Waals surface area contributed by atoms with Gasteiger partial charge in [0.15, 0.2) is 4.90 Å². The Balaban J connectivity index is 1.68. The number of benzene rings is 1. The van der Waals surface area contributed by atoms with Crippen molar-refractivity contribution in [3.63, 3.8) is 0 Å². The molecular formula is C25H28F6N4O8S. The van der Waals surface area contributed by atoms with Gasteiger partial charge in [-0.2, -0.15) is 22.0 Å². The van der Waals surface area contributed by atoms with E-state index in [4.69, 9.17) is 14.6 Å². The summed E-state index contributed by atoms with van der Waals surface area (Å²) in [6.45, 7) is -3.61. The van der Waals surface area contributed by atoms with Crippen molar-refractivity contribution in [1.82, 2.24) is 9.78 Å². The van der Waals surface area contributed by atoms with Gasteiger partial charge in [-0.05, 0) is 44.9 Å². The fourth-order valence-corrected chi connectivity index (χ4v) is 5.75. The zero-order valence-electron chi connectivity index (χ0n) is 23.2. The van der Waals surface area contributed by atoms with Gasteiger partial charge < -0.3 is 19.3 Å². The van der Waals surface area contributed by atoms with E-state index in [2.05, 4.69) is 15.2 Å². The SMILES string of the molecule is CC(C)(OC(=O)Nc1ccc2c(c1)N(S(=O)(=O)c1cn(C(F)F)nc1OCCO)C[C@H](CCC(=O)[C@H]1C[C@H]1F)O2)C(F)(F)F. The van der Waals surface area contributed by atoms with Gasteiger partial charge in [0.25, 0.3) is 15.9 Å². The highest BCUT2D eigenvalue weighted by Gasteiger charge is 2.51. The molecule has 12 nitrogen and oxygen atoms in total. The minimum Gasteiger partial charge on any atom is -0.486 e. The predicted octanol–water partition coefficient (Wildman–Crippen LogP) is 4.20. The van der Waals surface area contributed by atoms with E-state index >= 15 is 0 Å². The third-order valence-electron chi connectivity index (χ3n) is 6.77. The van der Waals surface area contributed by atoms with E-state index in [1.165, 1.54) is 12.1 Å². The normalized spacial score (nSPS) is 20.1. The Hall–Kier alpha value is -3.74. The number of halogens is 6. The molecule has 1 aliphatic carbocycles. The van der Waals surface area contributed by atoms with Gasteiger partial charge in [-0.15, -0.1) is 5.10 Å². The smallest absolute Gasteiger partial charge is 0.427 e. The maximum atomic E-state index is 13.9. The molecule has 1 saturated carbocycles. The van der Waals surface area contributed by atoms with Gasteiger partial charge in [0, 0.05) is 12.1 Å². The highest BCUT2D eigenvalue weighted by atomic mass is 32.2. The summed E-state index contributed by atoms with van der Waals surface area (Å²) in [5, 5.41) is 14.6. The standard InChI is InChI=1S/C25H28F6N4O8S/c1-24(2,25(29,30)31)43-23(38)32-13-3-6-19-17(9-13)35(11-14(42-19)4-5-18(37)15-10-16(15)26)44(39,40)20-12-34(22(27)28)33-21(20)41-8-7-36/h3,6,9,12,14-16,22,36H,4-5,7-8,10-11H2,1-2H3,(H,32,38)/t14-,15-,16+/m0/s1. The van der Waals surface area contributed by atoms with Crippen LogP contribution in [-0.4, -0.2) is 79.0 Å². The summed E-state index contributed by atoms with van der Waals surface area (Å²) in [6, 6.07) is 3.42. The maximum Gasteiger partial charge on any atom is 0.427 e. The number of Topliss-reactive ketones (excluding diaryl/α,β-unsaturated/α-hetero) is 1. The molecule has 4 rings (SSSR count). The van der Waals surface area contributed by atoms with Crippen LogP contribution in [0.25, 0.3) is 0 Å². The summed E-state index contributed by atoms with van der Waals surface area (Å²) in [5.41, 5.74) is -3.34. The van der Waals surface area contributed by atoms with Gasteiger partial charge in [0.2, 0.25) is 5.60 Å². The van der Waals surface area contributed by atoms with Crippen molar-refractivity contribution in [2.24, 2.45) is 5.92 Å². The Bertz CT molecular complexity index is 1500. The first kappa shape index (κ1) is 33.2. The molecule has 1 fully saturated rings. The lowest BCUT2D eigenvalue weighted by Crippen LogP contribution is -2.44. The minimum absolute atomic E-state index is 0.0243. The van der Waals surface area contributed by atoms with Crippen LogP contribution in [0, 0.1) is 5.92 Å². The van der Waals surface area contributed by atoms with Gasteiger partial charge in [-0.25, -0.2) is 22.3 Å². The Kier molecular flexibility index (Phi) is 9.30. The zero-order chi connectivity index (χ0) is 32.6. The molecule has 1 aromatic heterocycles. The Morgan fingerprint density at radius 1 is 1.25 bits per heavy atom. The predicted molar refractivity (Wildman–Crippen MR) is 139 cm³/mol. The van der Waals surface area contributed by atoms with Crippen LogP contribution in [0.4, 0.5) is 42.5 Å². The first-order valence-corrected chi connectivity index (χ1v) is 14.6. The molecule has 0 spiro atoms. The van der Waals surface area contributed by atoms with Crippen LogP contribution >= 0.6 is 0 Å². The number of hydrogen-bond donors (Lipinski definition) is 2. The highest BCUT2D eigenvalue weighted by Crippen LogP contribution is 2.42. The number of rotatable bonds is 12. The number of carbonyl (C=O) groups excluding carboxylic acids is 2. The summed E-state index contributed by atoms with van der Waals surface area (Å²) < 4.78 is 124. The third kappa shape index (κ3) is 7.14. The molecule has 1 aromatic carbocycles. The lowest BCUT2D eigenvalue weighted by molar-refractivity contribution is -0.242. The second-order valence-corrected chi connectivity index (χ2v) is 12.3. The lowest BCUT2D eigenvalue weighted by atomic mass is 10.1. The van der Waals surface area contributed by atoms with Crippen LogP contribution in [0.2, 0.25) is 0 Å². The number of anilines is 2. The van der Waals surface area contributed by atoms with Crippen LogP contribution in [-0.2, 0) is 19.6 Å². The number of aliphatic hydroxyl groups is 1. The molecule has 3 atom stereocenters. The number of aromatic nitrogens is 2. The quantitative estimate of drug-likeness (QED) is 0.320. The monoisotopic (exact) mass is 658 g/mol. The fraction of sp³-hybridized carbons (Fsp3) is 0.560. The van der Waals surface area contributed by atoms with Crippen molar-refractivity contribution < 1.29 is 63.7 Å². The van der Waals surface area contributed by atoms with Crippen LogP contribution in [0.1, 0.15) is 39.7 Å². The number of nitrogens with zero attached hydrogens (tertiary/aromatic N) is 3. The van der Waals surface area contributed by atoms with Crippen molar-refractivity contribution in [2.75, 3.05) is 29.4 Å². The maximum absolute atomic E-state index is 13.9. The molecule has 0 saturated heterocycles. The van der Waals surface area contributed by atoms with Gasteiger partial charge >= 0.3 is 18.8 Å². The van der Waals surface area contributed by atoms with E-state index in [0.29, 0.717) is 24.3 Å². The number of carbonyl (C=O) groups is 2. The molecule has 44 heavy (non-hydrogen) atoms. The third-order valence-corrected chi connectivity index (χ3v) is 8.53. The first-order chi connectivity index (χ1) is 20.4. The van der Waals surface area contributed by atoms with Crippen molar-refractivity contribution in [3.8, 4) is 11.6 Å². The lowest BCUT2D eigenvalue weighted by Gasteiger charge is -2.35. The molecule has 244 valence electrons. The van der Waals surface area contributed by atoms with Crippen molar-refractivity contribution in [1.29, 1.82) is 0 Å². The molecule has 2 aliphatic rings. The molecule has 1 aliphatic heterocycles. The van der Waals surface area contributed by atoms with Gasteiger partial charge in [-0.1, -0.05) is 0 Å². The second-order valence-electron chi connectivity index (χ2n) is 10.5. The van der Waals surface area contributed by atoms with E-state index in [9.17, 15) is 44.3 Å².